The molecule has 120 valence electrons. The molecule has 0 N–H and O–H groups in total. The van der Waals surface area contributed by atoms with Crippen LogP contribution in [0.5, 0.6) is 0 Å². The molecule has 0 radical (unpaired) electrons. The average Bonchev–Trinajstić information content (AvgIpc) is 2.56. The second-order valence-electron chi connectivity index (χ2n) is 4.99. The monoisotopic (exact) mass is 316 g/mol. The molecule has 0 fully saturated rings. The first-order valence-electron chi connectivity index (χ1n) is 7.56. The summed E-state index contributed by atoms with van der Waals surface area (Å²) in [6.45, 7) is 6.64. The number of rotatable bonds is 2. The molecule has 0 spiro atoms. The molecular formula is C22H20O2. The Morgan fingerprint density at radius 2 is 1.46 bits per heavy atom. The standard InChI is InChI=1S/2C11H10O/c1-3-6-10-7-4-5-8-11(10)9(2)12;1-3-5-10-6-4-7-11(8-10)9(2)12/h4-5,7-8H,1-2H3;4,6-8H,1-2H3. The molecule has 0 atom stereocenters. The van der Waals surface area contributed by atoms with Crippen LogP contribution < -0.4 is 0 Å². The second-order valence-corrected chi connectivity index (χ2v) is 4.99. The van der Waals surface area contributed by atoms with E-state index >= 15 is 0 Å². The van der Waals surface area contributed by atoms with Gasteiger partial charge in [0.2, 0.25) is 0 Å². The third-order valence-corrected chi connectivity index (χ3v) is 3.10. The zero-order chi connectivity index (χ0) is 17.9. The molecular weight excluding hydrogens is 296 g/mol. The summed E-state index contributed by atoms with van der Waals surface area (Å²) in [6, 6.07) is 14.7. The number of hydrogen-bond acceptors (Lipinski definition) is 2. The Morgan fingerprint density at radius 3 is 2.04 bits per heavy atom. The van der Waals surface area contributed by atoms with Crippen LogP contribution in [0.4, 0.5) is 0 Å². The van der Waals surface area contributed by atoms with Crippen molar-refractivity contribution in [2.75, 3.05) is 0 Å². The normalized spacial score (nSPS) is 8.50. The van der Waals surface area contributed by atoms with Gasteiger partial charge in [-0.05, 0) is 45.9 Å². The summed E-state index contributed by atoms with van der Waals surface area (Å²) in [4.78, 5) is 22.0. The lowest BCUT2D eigenvalue weighted by Gasteiger charge is -1.97. The smallest absolute Gasteiger partial charge is 0.161 e. The van der Waals surface area contributed by atoms with Crippen molar-refractivity contribution in [3.05, 3.63) is 70.8 Å². The Labute approximate surface area is 143 Å². The van der Waals surface area contributed by atoms with Crippen LogP contribution >= 0.6 is 0 Å². The van der Waals surface area contributed by atoms with Crippen molar-refractivity contribution >= 4 is 11.6 Å². The predicted molar refractivity (Wildman–Crippen MR) is 98.0 cm³/mol. The molecule has 0 saturated heterocycles. The summed E-state index contributed by atoms with van der Waals surface area (Å²) < 4.78 is 0. The number of carbonyl (C=O) groups excluding carboxylic acids is 2. The van der Waals surface area contributed by atoms with Gasteiger partial charge in [-0.15, -0.1) is 11.8 Å². The molecule has 0 bridgehead atoms. The van der Waals surface area contributed by atoms with Crippen LogP contribution in [-0.2, 0) is 0 Å². The fourth-order valence-corrected chi connectivity index (χ4v) is 1.99. The van der Waals surface area contributed by atoms with E-state index in [2.05, 4.69) is 23.7 Å². The van der Waals surface area contributed by atoms with Gasteiger partial charge in [-0.3, -0.25) is 9.59 Å². The third kappa shape index (κ3) is 5.95. The fraction of sp³-hybridized carbons (Fsp3) is 0.182. The molecule has 2 aromatic carbocycles. The lowest BCUT2D eigenvalue weighted by atomic mass is 10.1. The quantitative estimate of drug-likeness (QED) is 0.603. The minimum atomic E-state index is 0.0633. The highest BCUT2D eigenvalue weighted by Gasteiger charge is 2.02. The van der Waals surface area contributed by atoms with Crippen molar-refractivity contribution in [3.8, 4) is 23.7 Å². The van der Waals surface area contributed by atoms with Gasteiger partial charge in [-0.1, -0.05) is 42.2 Å². The number of carbonyl (C=O) groups is 2. The van der Waals surface area contributed by atoms with Crippen molar-refractivity contribution in [1.29, 1.82) is 0 Å². The molecule has 2 rings (SSSR count). The van der Waals surface area contributed by atoms with E-state index in [9.17, 15) is 9.59 Å². The van der Waals surface area contributed by atoms with Crippen LogP contribution in [0.15, 0.2) is 48.5 Å². The van der Waals surface area contributed by atoms with E-state index in [0.717, 1.165) is 16.7 Å². The van der Waals surface area contributed by atoms with Gasteiger partial charge < -0.3 is 0 Å². The molecule has 0 saturated carbocycles. The van der Waals surface area contributed by atoms with Crippen LogP contribution in [0.2, 0.25) is 0 Å². The van der Waals surface area contributed by atoms with Crippen molar-refractivity contribution in [2.45, 2.75) is 27.7 Å². The molecule has 0 unspecified atom stereocenters. The zero-order valence-corrected chi connectivity index (χ0v) is 14.4. The van der Waals surface area contributed by atoms with Crippen molar-refractivity contribution in [3.63, 3.8) is 0 Å². The van der Waals surface area contributed by atoms with Crippen LogP contribution in [0.1, 0.15) is 59.5 Å². The summed E-state index contributed by atoms with van der Waals surface area (Å²) >= 11 is 0. The van der Waals surface area contributed by atoms with Gasteiger partial charge in [0.1, 0.15) is 0 Å². The topological polar surface area (TPSA) is 34.1 Å². The van der Waals surface area contributed by atoms with Crippen molar-refractivity contribution in [2.24, 2.45) is 0 Å². The molecule has 2 aromatic rings. The Morgan fingerprint density at radius 1 is 0.792 bits per heavy atom. The number of hydrogen-bond donors (Lipinski definition) is 0. The molecule has 24 heavy (non-hydrogen) atoms. The minimum absolute atomic E-state index is 0.0633. The van der Waals surface area contributed by atoms with Crippen molar-refractivity contribution < 1.29 is 9.59 Å². The van der Waals surface area contributed by atoms with Gasteiger partial charge in [0.05, 0.1) is 0 Å². The molecule has 0 aromatic heterocycles. The van der Waals surface area contributed by atoms with Crippen LogP contribution in [0.3, 0.4) is 0 Å². The molecule has 0 heterocycles. The van der Waals surface area contributed by atoms with Gasteiger partial charge in [-0.2, -0.15) is 0 Å². The maximum absolute atomic E-state index is 11.1. The number of ketones is 2. The maximum atomic E-state index is 11.1. The van der Waals surface area contributed by atoms with E-state index < -0.39 is 0 Å². The van der Waals surface area contributed by atoms with E-state index in [1.54, 1.807) is 45.9 Å². The Kier molecular flexibility index (Phi) is 7.76. The molecule has 0 amide bonds. The summed E-state index contributed by atoms with van der Waals surface area (Å²) in [5, 5.41) is 0. The summed E-state index contributed by atoms with van der Waals surface area (Å²) in [5.74, 6) is 11.5. The summed E-state index contributed by atoms with van der Waals surface area (Å²) in [5.41, 5.74) is 3.12. The Bertz CT molecular complexity index is 853. The second kappa shape index (κ2) is 9.82. The largest absolute Gasteiger partial charge is 0.295 e. The predicted octanol–water partition coefficient (Wildman–Crippen LogP) is 4.52. The van der Waals surface area contributed by atoms with Gasteiger partial charge in [0, 0.05) is 22.3 Å². The van der Waals surface area contributed by atoms with E-state index in [1.807, 2.05) is 30.3 Å². The molecule has 0 aliphatic heterocycles. The van der Waals surface area contributed by atoms with Crippen LogP contribution in [0, 0.1) is 23.7 Å². The zero-order valence-electron chi connectivity index (χ0n) is 14.4. The molecule has 2 nitrogen and oxygen atoms in total. The van der Waals surface area contributed by atoms with Crippen molar-refractivity contribution in [1.82, 2.24) is 0 Å². The van der Waals surface area contributed by atoms with Gasteiger partial charge in [-0.25, -0.2) is 0 Å². The van der Waals surface area contributed by atoms with E-state index in [4.69, 9.17) is 0 Å². The molecule has 2 heteroatoms. The summed E-state index contributed by atoms with van der Waals surface area (Å²) in [7, 11) is 0. The minimum Gasteiger partial charge on any atom is -0.295 e. The third-order valence-electron chi connectivity index (χ3n) is 3.10. The first-order valence-corrected chi connectivity index (χ1v) is 7.56. The van der Waals surface area contributed by atoms with Crippen LogP contribution in [-0.4, -0.2) is 11.6 Å². The van der Waals surface area contributed by atoms with Gasteiger partial charge in [0.25, 0.3) is 0 Å². The Hall–Kier alpha value is -3.10. The summed E-state index contributed by atoms with van der Waals surface area (Å²) in [6.07, 6.45) is 0. The average molecular weight is 316 g/mol. The lowest BCUT2D eigenvalue weighted by Crippen LogP contribution is -1.95. The fourth-order valence-electron chi connectivity index (χ4n) is 1.99. The van der Waals surface area contributed by atoms with Gasteiger partial charge >= 0.3 is 0 Å². The van der Waals surface area contributed by atoms with E-state index in [-0.39, 0.29) is 11.6 Å². The van der Waals surface area contributed by atoms with E-state index in [0.29, 0.717) is 5.56 Å². The maximum Gasteiger partial charge on any atom is 0.161 e. The van der Waals surface area contributed by atoms with E-state index in [1.165, 1.54) is 0 Å². The SMILES string of the molecule is CC#Cc1cccc(C(C)=O)c1.CC#Cc1ccccc1C(C)=O. The Balaban J connectivity index is 0.000000240. The molecule has 0 aliphatic carbocycles. The highest BCUT2D eigenvalue weighted by Crippen LogP contribution is 2.07. The first kappa shape index (κ1) is 18.9. The molecule has 0 aliphatic rings. The highest BCUT2D eigenvalue weighted by atomic mass is 16.1. The first-order chi connectivity index (χ1) is 11.5. The number of benzene rings is 2. The lowest BCUT2D eigenvalue weighted by molar-refractivity contribution is 0.100. The van der Waals surface area contributed by atoms with Crippen LogP contribution in [0.25, 0.3) is 0 Å². The number of Topliss-reactive ketones (excluding diaryl/α,β-unsaturated/α-hetero) is 2. The highest BCUT2D eigenvalue weighted by molar-refractivity contribution is 5.96. The van der Waals surface area contributed by atoms with Gasteiger partial charge in [0.15, 0.2) is 11.6 Å².